The van der Waals surface area contributed by atoms with Gasteiger partial charge in [0.2, 0.25) is 0 Å². The second-order valence-corrected chi connectivity index (χ2v) is 10.6. The zero-order valence-electron chi connectivity index (χ0n) is 20.6. The molecule has 1 aliphatic carbocycles. The zero-order chi connectivity index (χ0) is 24.4. The van der Waals surface area contributed by atoms with Crippen LogP contribution in [-0.4, -0.2) is 76.8 Å². The molecule has 1 aromatic heterocycles. The molecule has 0 N–H and O–H groups in total. The minimum atomic E-state index is -0.0253. The molecule has 0 unspecified atom stereocenters. The summed E-state index contributed by atoms with van der Waals surface area (Å²) in [5.41, 5.74) is 3.12. The van der Waals surface area contributed by atoms with Crippen molar-refractivity contribution in [1.82, 2.24) is 19.7 Å². The fourth-order valence-electron chi connectivity index (χ4n) is 5.96. The van der Waals surface area contributed by atoms with Gasteiger partial charge in [-0.05, 0) is 56.9 Å². The van der Waals surface area contributed by atoms with Crippen molar-refractivity contribution in [1.29, 1.82) is 0 Å². The average molecular weight is 495 g/mol. The molecule has 3 fully saturated rings. The molecule has 0 atom stereocenters. The van der Waals surface area contributed by atoms with Crippen LogP contribution in [0.1, 0.15) is 76.5 Å². The molecule has 1 aromatic carbocycles. The Kier molecular flexibility index (Phi) is 7.40. The Bertz CT molecular complexity index is 1070. The van der Waals surface area contributed by atoms with Crippen molar-refractivity contribution in [3.05, 3.63) is 63.9 Å². The highest BCUT2D eigenvalue weighted by Gasteiger charge is 2.32. The van der Waals surface area contributed by atoms with Crippen LogP contribution in [-0.2, 0) is 0 Å². The summed E-state index contributed by atoms with van der Waals surface area (Å²) in [5.74, 6) is 0.250. The maximum Gasteiger partial charge on any atom is 0.255 e. The zero-order valence-corrected chi connectivity index (χ0v) is 21.3. The van der Waals surface area contributed by atoms with Gasteiger partial charge >= 0.3 is 0 Å². The van der Waals surface area contributed by atoms with Gasteiger partial charge in [0, 0.05) is 56.9 Å². The predicted molar refractivity (Wildman–Crippen MR) is 138 cm³/mol. The molecule has 2 amide bonds. The topological polar surface area (TPSA) is 56.8 Å². The number of likely N-dealkylation sites (tertiary alicyclic amines) is 1. The largest absolute Gasteiger partial charge is 0.339 e. The number of benzene rings is 1. The molecule has 0 radical (unpaired) electrons. The van der Waals surface area contributed by atoms with Gasteiger partial charge in [-0.15, -0.1) is 0 Å². The molecule has 0 spiro atoms. The Balaban J connectivity index is 1.25. The third-order valence-corrected chi connectivity index (χ3v) is 8.34. The lowest BCUT2D eigenvalue weighted by Crippen LogP contribution is -2.51. The summed E-state index contributed by atoms with van der Waals surface area (Å²) in [7, 11) is 0. The number of carbonyl (C=O) groups is 2. The molecule has 6 nitrogen and oxygen atoms in total. The molecule has 3 heterocycles. The van der Waals surface area contributed by atoms with Gasteiger partial charge in [-0.3, -0.25) is 19.5 Å². The first-order chi connectivity index (χ1) is 17.0. The first-order valence-electron chi connectivity index (χ1n) is 13.1. The minimum Gasteiger partial charge on any atom is -0.339 e. The van der Waals surface area contributed by atoms with Crippen molar-refractivity contribution in [3.8, 4) is 0 Å². The second kappa shape index (κ2) is 10.7. The van der Waals surface area contributed by atoms with Crippen LogP contribution in [0.2, 0.25) is 5.02 Å². The summed E-state index contributed by atoms with van der Waals surface area (Å²) in [4.78, 5) is 37.9. The van der Waals surface area contributed by atoms with Gasteiger partial charge in [0.15, 0.2) is 0 Å². The molecule has 2 aliphatic heterocycles. The molecule has 3 aliphatic rings. The predicted octanol–water partition coefficient (Wildman–Crippen LogP) is 4.76. The van der Waals surface area contributed by atoms with Crippen LogP contribution in [0, 0.1) is 6.92 Å². The quantitative estimate of drug-likeness (QED) is 0.614. The number of piperidine rings is 1. The number of piperazine rings is 1. The fourth-order valence-corrected chi connectivity index (χ4v) is 6.18. The van der Waals surface area contributed by atoms with Crippen molar-refractivity contribution >= 4 is 23.4 Å². The van der Waals surface area contributed by atoms with E-state index >= 15 is 0 Å². The van der Waals surface area contributed by atoms with Gasteiger partial charge in [0.05, 0.1) is 21.8 Å². The highest BCUT2D eigenvalue weighted by atomic mass is 35.5. The lowest BCUT2D eigenvalue weighted by Gasteiger charge is -2.38. The van der Waals surface area contributed by atoms with E-state index in [1.807, 2.05) is 41.0 Å². The van der Waals surface area contributed by atoms with Crippen molar-refractivity contribution in [3.63, 3.8) is 0 Å². The van der Waals surface area contributed by atoms with E-state index in [9.17, 15) is 9.59 Å². The van der Waals surface area contributed by atoms with E-state index in [1.54, 1.807) is 12.1 Å². The Labute approximate surface area is 213 Å². The summed E-state index contributed by atoms with van der Waals surface area (Å²) in [6.45, 7) is 6.76. The van der Waals surface area contributed by atoms with E-state index in [1.165, 1.54) is 25.7 Å². The maximum atomic E-state index is 13.6. The Hall–Kier alpha value is -2.44. The van der Waals surface area contributed by atoms with Crippen LogP contribution in [0.15, 0.2) is 36.4 Å². The standard InChI is InChI=1S/C28H35ClN4O2/c1-20-10-11-24(28(35)33-18-16-31(17-19-33)22-6-2-3-7-22)26(30-20)21-12-14-32(15-13-21)27(34)23-8-4-5-9-25(23)29/h4-5,8-11,21-22H,2-3,6-7,12-19H2,1H3. The number of aromatic nitrogens is 1. The van der Waals surface area contributed by atoms with Gasteiger partial charge in [0.25, 0.3) is 11.8 Å². The molecule has 2 aromatic rings. The van der Waals surface area contributed by atoms with E-state index in [-0.39, 0.29) is 17.7 Å². The van der Waals surface area contributed by atoms with E-state index in [4.69, 9.17) is 16.6 Å². The van der Waals surface area contributed by atoms with Gasteiger partial charge in [-0.2, -0.15) is 0 Å². The number of rotatable bonds is 4. The summed E-state index contributed by atoms with van der Waals surface area (Å²) in [5, 5.41) is 0.487. The molecule has 5 rings (SSSR count). The van der Waals surface area contributed by atoms with Crippen LogP contribution in [0.25, 0.3) is 0 Å². The Morgan fingerprint density at radius 3 is 2.11 bits per heavy atom. The highest BCUT2D eigenvalue weighted by molar-refractivity contribution is 6.33. The first kappa shape index (κ1) is 24.3. The molecule has 0 bridgehead atoms. The first-order valence-corrected chi connectivity index (χ1v) is 13.4. The van der Waals surface area contributed by atoms with Crippen LogP contribution >= 0.6 is 11.6 Å². The molecule has 7 heteroatoms. The van der Waals surface area contributed by atoms with Crippen LogP contribution in [0.3, 0.4) is 0 Å². The molecule has 2 saturated heterocycles. The van der Waals surface area contributed by atoms with Crippen LogP contribution in [0.5, 0.6) is 0 Å². The lowest BCUT2D eigenvalue weighted by molar-refractivity contribution is 0.0568. The summed E-state index contributed by atoms with van der Waals surface area (Å²) >= 11 is 6.25. The maximum absolute atomic E-state index is 13.6. The van der Waals surface area contributed by atoms with E-state index in [0.717, 1.165) is 56.0 Å². The average Bonchev–Trinajstić information content (AvgIpc) is 3.44. The molecular weight excluding hydrogens is 460 g/mol. The molecule has 1 saturated carbocycles. The SMILES string of the molecule is Cc1ccc(C(=O)N2CCN(C3CCCC3)CC2)c(C2CCN(C(=O)c3ccccc3Cl)CC2)n1. The number of carbonyl (C=O) groups excluding carboxylic acids is 2. The van der Waals surface area contributed by atoms with E-state index < -0.39 is 0 Å². The van der Waals surface area contributed by atoms with Crippen molar-refractivity contribution in [2.45, 2.75) is 57.4 Å². The lowest BCUT2D eigenvalue weighted by atomic mass is 9.89. The van der Waals surface area contributed by atoms with Crippen LogP contribution < -0.4 is 0 Å². The number of nitrogens with zero attached hydrogens (tertiary/aromatic N) is 4. The number of pyridine rings is 1. The molecule has 186 valence electrons. The summed E-state index contributed by atoms with van der Waals surface area (Å²) in [6, 6.07) is 11.8. The minimum absolute atomic E-state index is 0.0253. The Morgan fingerprint density at radius 1 is 0.800 bits per heavy atom. The normalized spacial score (nSPS) is 20.4. The third-order valence-electron chi connectivity index (χ3n) is 8.01. The van der Waals surface area contributed by atoms with Crippen molar-refractivity contribution < 1.29 is 9.59 Å². The van der Waals surface area contributed by atoms with Crippen molar-refractivity contribution in [2.24, 2.45) is 0 Å². The smallest absolute Gasteiger partial charge is 0.255 e. The number of hydrogen-bond acceptors (Lipinski definition) is 4. The molecule has 35 heavy (non-hydrogen) atoms. The highest BCUT2D eigenvalue weighted by Crippen LogP contribution is 2.32. The fraction of sp³-hybridized carbons (Fsp3) is 0.536. The number of halogens is 1. The van der Waals surface area contributed by atoms with E-state index in [0.29, 0.717) is 29.7 Å². The monoisotopic (exact) mass is 494 g/mol. The molecular formula is C28H35ClN4O2. The van der Waals surface area contributed by atoms with Gasteiger partial charge in [0.1, 0.15) is 0 Å². The van der Waals surface area contributed by atoms with Crippen LogP contribution in [0.4, 0.5) is 0 Å². The van der Waals surface area contributed by atoms with Gasteiger partial charge in [-0.1, -0.05) is 36.6 Å². The number of amides is 2. The Morgan fingerprint density at radius 2 is 1.43 bits per heavy atom. The second-order valence-electron chi connectivity index (χ2n) is 10.2. The number of aryl methyl sites for hydroxylation is 1. The van der Waals surface area contributed by atoms with Crippen molar-refractivity contribution in [2.75, 3.05) is 39.3 Å². The number of hydrogen-bond donors (Lipinski definition) is 0. The summed E-state index contributed by atoms with van der Waals surface area (Å²) in [6.07, 6.45) is 6.87. The van der Waals surface area contributed by atoms with Gasteiger partial charge < -0.3 is 9.80 Å². The van der Waals surface area contributed by atoms with E-state index in [2.05, 4.69) is 4.90 Å². The van der Waals surface area contributed by atoms with Gasteiger partial charge in [-0.25, -0.2) is 0 Å². The summed E-state index contributed by atoms with van der Waals surface area (Å²) < 4.78 is 0. The third kappa shape index (κ3) is 5.24.